The van der Waals surface area contributed by atoms with Gasteiger partial charge in [-0.15, -0.1) is 11.3 Å². The van der Waals surface area contributed by atoms with Crippen molar-refractivity contribution in [2.24, 2.45) is 0 Å². The Morgan fingerprint density at radius 2 is 2.19 bits per heavy atom. The minimum atomic E-state index is -0.979. The van der Waals surface area contributed by atoms with Crippen molar-refractivity contribution in [3.05, 3.63) is 44.8 Å². The number of halogens is 3. The molecule has 2 nitrogen and oxygen atoms in total. The van der Waals surface area contributed by atoms with Crippen LogP contribution in [-0.4, -0.2) is 4.98 Å². The standard InChI is InChI=1S/C10H6BrF2NOS/c11-6-1-8(12)10(13)9(2-6)15-4-7-3-14-5-16-7/h1-3,5H,4H2. The summed E-state index contributed by atoms with van der Waals surface area (Å²) in [6.07, 6.45) is 1.62. The molecule has 0 atom stereocenters. The molecule has 1 aromatic carbocycles. The zero-order valence-corrected chi connectivity index (χ0v) is 10.3. The zero-order chi connectivity index (χ0) is 11.5. The van der Waals surface area contributed by atoms with Gasteiger partial charge in [-0.2, -0.15) is 4.39 Å². The van der Waals surface area contributed by atoms with Crippen molar-refractivity contribution >= 4 is 27.3 Å². The van der Waals surface area contributed by atoms with E-state index in [0.717, 1.165) is 10.9 Å². The molecule has 0 aliphatic rings. The number of ether oxygens (including phenoxy) is 1. The van der Waals surface area contributed by atoms with E-state index in [2.05, 4.69) is 20.9 Å². The summed E-state index contributed by atoms with van der Waals surface area (Å²) in [7, 11) is 0. The van der Waals surface area contributed by atoms with Gasteiger partial charge in [0.1, 0.15) is 6.61 Å². The van der Waals surface area contributed by atoms with Crippen LogP contribution in [0, 0.1) is 11.6 Å². The van der Waals surface area contributed by atoms with Gasteiger partial charge in [0.2, 0.25) is 5.82 Å². The molecule has 0 spiro atoms. The fraction of sp³-hybridized carbons (Fsp3) is 0.100. The molecule has 0 radical (unpaired) electrons. The van der Waals surface area contributed by atoms with Crippen molar-refractivity contribution in [3.8, 4) is 5.75 Å². The molecule has 0 fully saturated rings. The van der Waals surface area contributed by atoms with Crippen LogP contribution in [0.4, 0.5) is 8.78 Å². The summed E-state index contributed by atoms with van der Waals surface area (Å²) in [4.78, 5) is 4.70. The van der Waals surface area contributed by atoms with Gasteiger partial charge in [-0.3, -0.25) is 4.98 Å². The summed E-state index contributed by atoms with van der Waals surface area (Å²) in [6.45, 7) is 0.178. The number of nitrogens with zero attached hydrogens (tertiary/aromatic N) is 1. The van der Waals surface area contributed by atoms with E-state index >= 15 is 0 Å². The molecule has 0 N–H and O–H groups in total. The summed E-state index contributed by atoms with van der Waals surface area (Å²) in [5.74, 6) is -2.03. The molecule has 2 aromatic rings. The Balaban J connectivity index is 2.15. The maximum absolute atomic E-state index is 13.3. The molecule has 6 heteroatoms. The number of hydrogen-bond donors (Lipinski definition) is 0. The Morgan fingerprint density at radius 3 is 2.88 bits per heavy atom. The second-order valence-electron chi connectivity index (χ2n) is 2.96. The van der Waals surface area contributed by atoms with Crippen molar-refractivity contribution < 1.29 is 13.5 Å². The van der Waals surface area contributed by atoms with Gasteiger partial charge in [-0.1, -0.05) is 15.9 Å². The van der Waals surface area contributed by atoms with Crippen molar-refractivity contribution in [1.29, 1.82) is 0 Å². The number of hydrogen-bond acceptors (Lipinski definition) is 3. The molecular formula is C10H6BrF2NOS. The van der Waals surface area contributed by atoms with Crippen LogP contribution < -0.4 is 4.74 Å². The van der Waals surface area contributed by atoms with E-state index in [0.29, 0.717) is 4.47 Å². The van der Waals surface area contributed by atoms with Gasteiger partial charge < -0.3 is 4.74 Å². The second-order valence-corrected chi connectivity index (χ2v) is 4.84. The first-order chi connectivity index (χ1) is 7.66. The quantitative estimate of drug-likeness (QED) is 0.806. The molecule has 0 bridgehead atoms. The molecule has 16 heavy (non-hydrogen) atoms. The Bertz CT molecular complexity index is 490. The van der Waals surface area contributed by atoms with Crippen LogP contribution in [0.15, 0.2) is 28.3 Å². The predicted octanol–water partition coefficient (Wildman–Crippen LogP) is 3.76. The molecule has 84 valence electrons. The Kier molecular flexibility index (Phi) is 3.50. The molecule has 0 amide bonds. The van der Waals surface area contributed by atoms with Gasteiger partial charge in [0.05, 0.1) is 10.4 Å². The maximum atomic E-state index is 13.3. The van der Waals surface area contributed by atoms with Crippen LogP contribution in [0.2, 0.25) is 0 Å². The van der Waals surface area contributed by atoms with E-state index in [-0.39, 0.29) is 12.4 Å². The Hall–Kier alpha value is -1.01. The van der Waals surface area contributed by atoms with E-state index in [1.807, 2.05) is 0 Å². The molecule has 1 aromatic heterocycles. The van der Waals surface area contributed by atoms with Gasteiger partial charge in [-0.05, 0) is 12.1 Å². The van der Waals surface area contributed by atoms with Crippen molar-refractivity contribution in [3.63, 3.8) is 0 Å². The SMILES string of the molecule is Fc1cc(Br)cc(OCc2cncs2)c1F. The highest BCUT2D eigenvalue weighted by Crippen LogP contribution is 2.26. The summed E-state index contributed by atoms with van der Waals surface area (Å²) < 4.78 is 31.9. The zero-order valence-electron chi connectivity index (χ0n) is 7.91. The van der Waals surface area contributed by atoms with Crippen LogP contribution in [0.3, 0.4) is 0 Å². The fourth-order valence-corrected chi connectivity index (χ4v) is 2.01. The maximum Gasteiger partial charge on any atom is 0.200 e. The molecular weight excluding hydrogens is 300 g/mol. The number of benzene rings is 1. The Morgan fingerprint density at radius 1 is 1.38 bits per heavy atom. The number of aromatic nitrogens is 1. The molecule has 0 aliphatic carbocycles. The lowest BCUT2D eigenvalue weighted by atomic mass is 10.3. The molecule has 0 aliphatic heterocycles. The van der Waals surface area contributed by atoms with E-state index in [1.165, 1.54) is 17.4 Å². The van der Waals surface area contributed by atoms with E-state index in [1.54, 1.807) is 11.7 Å². The lowest BCUT2D eigenvalue weighted by Crippen LogP contribution is -1.97. The van der Waals surface area contributed by atoms with Crippen molar-refractivity contribution in [1.82, 2.24) is 4.98 Å². The summed E-state index contributed by atoms with van der Waals surface area (Å²) in [6, 6.07) is 2.44. The lowest BCUT2D eigenvalue weighted by Gasteiger charge is -2.06. The third kappa shape index (κ3) is 2.56. The minimum absolute atomic E-state index is 0.111. The van der Waals surface area contributed by atoms with Crippen molar-refractivity contribution in [2.75, 3.05) is 0 Å². The van der Waals surface area contributed by atoms with Crippen LogP contribution in [0.1, 0.15) is 4.88 Å². The predicted molar refractivity (Wildman–Crippen MR) is 60.5 cm³/mol. The monoisotopic (exact) mass is 305 g/mol. The largest absolute Gasteiger partial charge is 0.485 e. The Labute approximate surface area is 103 Å². The second kappa shape index (κ2) is 4.88. The number of rotatable bonds is 3. The van der Waals surface area contributed by atoms with Crippen LogP contribution in [-0.2, 0) is 6.61 Å². The van der Waals surface area contributed by atoms with Gasteiger partial charge in [0.25, 0.3) is 0 Å². The molecule has 1 heterocycles. The normalized spacial score (nSPS) is 10.4. The highest BCUT2D eigenvalue weighted by molar-refractivity contribution is 9.10. The van der Waals surface area contributed by atoms with E-state index in [4.69, 9.17) is 4.74 Å². The van der Waals surface area contributed by atoms with Crippen molar-refractivity contribution in [2.45, 2.75) is 6.61 Å². The average Bonchev–Trinajstić information content (AvgIpc) is 2.74. The summed E-state index contributed by atoms with van der Waals surface area (Å²) >= 11 is 4.46. The van der Waals surface area contributed by atoms with Crippen LogP contribution in [0.25, 0.3) is 0 Å². The first-order valence-electron chi connectivity index (χ1n) is 4.31. The summed E-state index contributed by atoms with van der Waals surface area (Å²) in [5, 5.41) is 0. The molecule has 0 saturated heterocycles. The fourth-order valence-electron chi connectivity index (χ4n) is 1.10. The minimum Gasteiger partial charge on any atom is -0.485 e. The first kappa shape index (κ1) is 11.5. The van der Waals surface area contributed by atoms with E-state index < -0.39 is 11.6 Å². The van der Waals surface area contributed by atoms with Gasteiger partial charge in [0.15, 0.2) is 11.6 Å². The van der Waals surface area contributed by atoms with Gasteiger partial charge >= 0.3 is 0 Å². The number of thiazole rings is 1. The van der Waals surface area contributed by atoms with Crippen LogP contribution >= 0.6 is 27.3 Å². The molecule has 0 saturated carbocycles. The average molecular weight is 306 g/mol. The van der Waals surface area contributed by atoms with Gasteiger partial charge in [-0.25, -0.2) is 4.39 Å². The third-order valence-corrected chi connectivity index (χ3v) is 3.02. The topological polar surface area (TPSA) is 22.1 Å². The molecule has 0 unspecified atom stereocenters. The first-order valence-corrected chi connectivity index (χ1v) is 5.99. The lowest BCUT2D eigenvalue weighted by molar-refractivity contribution is 0.287. The summed E-state index contributed by atoms with van der Waals surface area (Å²) in [5.41, 5.74) is 1.65. The van der Waals surface area contributed by atoms with Gasteiger partial charge in [0, 0.05) is 10.7 Å². The highest BCUT2D eigenvalue weighted by atomic mass is 79.9. The third-order valence-electron chi connectivity index (χ3n) is 1.81. The van der Waals surface area contributed by atoms with Crippen LogP contribution in [0.5, 0.6) is 5.75 Å². The highest BCUT2D eigenvalue weighted by Gasteiger charge is 2.11. The molecule has 2 rings (SSSR count). The van der Waals surface area contributed by atoms with E-state index in [9.17, 15) is 8.78 Å². The smallest absolute Gasteiger partial charge is 0.200 e.